The molecule has 0 spiro atoms. The molecule has 2 N–H and O–H groups in total. The Kier molecular flexibility index (Phi) is 3.69. The van der Waals surface area contributed by atoms with Crippen LogP contribution in [0.5, 0.6) is 0 Å². The number of hydrogen-bond acceptors (Lipinski definition) is 2. The summed E-state index contributed by atoms with van der Waals surface area (Å²) < 4.78 is 0. The molecular weight excluding hydrogens is 178 g/mol. The number of carbonyl (C=O) groups excluding carboxylic acids is 1. The van der Waals surface area contributed by atoms with Crippen LogP contribution in [-0.4, -0.2) is 23.2 Å². The number of hydrogen-bond donors (Lipinski definition) is 2. The summed E-state index contributed by atoms with van der Waals surface area (Å²) in [6.07, 6.45) is 5.44. The van der Waals surface area contributed by atoms with Crippen molar-refractivity contribution in [3.63, 3.8) is 0 Å². The third-order valence-electron chi connectivity index (χ3n) is 2.73. The smallest absolute Gasteiger partial charge is 0.246 e. The molecule has 0 aromatic heterocycles. The molecule has 80 valence electrons. The number of nitrogens with one attached hydrogen (secondary N) is 1. The first-order valence-corrected chi connectivity index (χ1v) is 5.25. The van der Waals surface area contributed by atoms with Crippen LogP contribution in [0, 0.1) is 0 Å². The van der Waals surface area contributed by atoms with Crippen molar-refractivity contribution in [1.82, 2.24) is 5.32 Å². The first kappa shape index (κ1) is 11.2. The van der Waals surface area contributed by atoms with Gasteiger partial charge in [0.05, 0.1) is 5.60 Å². The van der Waals surface area contributed by atoms with E-state index in [4.69, 9.17) is 0 Å². The fourth-order valence-electron chi connectivity index (χ4n) is 1.54. The summed E-state index contributed by atoms with van der Waals surface area (Å²) in [7, 11) is 0. The Morgan fingerprint density at radius 1 is 1.57 bits per heavy atom. The molecule has 0 aromatic rings. The fraction of sp³-hybridized carbons (Fsp3) is 0.727. The summed E-state index contributed by atoms with van der Waals surface area (Å²) in [5, 5.41) is 12.5. The summed E-state index contributed by atoms with van der Waals surface area (Å²) in [4.78, 5) is 11.4. The number of rotatable bonds is 4. The minimum atomic E-state index is -0.623. The number of aliphatic hydroxyl groups is 1. The molecular formula is C11H19NO2. The van der Waals surface area contributed by atoms with Gasteiger partial charge >= 0.3 is 0 Å². The van der Waals surface area contributed by atoms with Crippen molar-refractivity contribution >= 4 is 5.91 Å². The summed E-state index contributed by atoms with van der Waals surface area (Å²) in [6, 6.07) is 0. The van der Waals surface area contributed by atoms with Gasteiger partial charge in [-0.25, -0.2) is 0 Å². The van der Waals surface area contributed by atoms with Crippen molar-refractivity contribution in [2.24, 2.45) is 0 Å². The van der Waals surface area contributed by atoms with E-state index in [1.807, 2.05) is 13.0 Å². The number of amides is 1. The Bertz CT molecular complexity index is 242. The maximum atomic E-state index is 11.4. The quantitative estimate of drug-likeness (QED) is 0.669. The highest BCUT2D eigenvalue weighted by Crippen LogP contribution is 2.30. The normalized spacial score (nSPS) is 20.1. The van der Waals surface area contributed by atoms with E-state index in [0.29, 0.717) is 6.54 Å². The molecule has 1 aliphatic rings. The Labute approximate surface area is 85.2 Å². The third-order valence-corrected chi connectivity index (χ3v) is 2.73. The molecule has 3 heteroatoms. The maximum Gasteiger partial charge on any atom is 0.246 e. The monoisotopic (exact) mass is 197 g/mol. The molecule has 0 saturated heterocycles. The summed E-state index contributed by atoms with van der Waals surface area (Å²) in [5.41, 5.74) is 0.109. The molecule has 1 rings (SSSR count). The van der Waals surface area contributed by atoms with E-state index < -0.39 is 5.60 Å². The van der Waals surface area contributed by atoms with E-state index >= 15 is 0 Å². The van der Waals surface area contributed by atoms with E-state index in [1.54, 1.807) is 6.92 Å². The van der Waals surface area contributed by atoms with Crippen LogP contribution in [0.3, 0.4) is 0 Å². The van der Waals surface area contributed by atoms with Gasteiger partial charge < -0.3 is 10.4 Å². The lowest BCUT2D eigenvalue weighted by Gasteiger charge is -2.36. The standard InChI is InChI=1S/C11H19NO2/c1-3-5-9(2)10(13)12-8-11(14)6-4-7-11/h5,14H,3-4,6-8H2,1-2H3,(H,12,13)/b9-5-. The minimum Gasteiger partial charge on any atom is -0.388 e. The van der Waals surface area contributed by atoms with E-state index in [-0.39, 0.29) is 5.91 Å². The molecule has 3 nitrogen and oxygen atoms in total. The van der Waals surface area contributed by atoms with Crippen molar-refractivity contribution in [2.45, 2.75) is 45.1 Å². The van der Waals surface area contributed by atoms with Crippen LogP contribution in [0.15, 0.2) is 11.6 Å². The SMILES string of the molecule is CC/C=C(/C)C(=O)NCC1(O)CCC1. The molecule has 1 saturated carbocycles. The minimum absolute atomic E-state index is 0.0628. The average molecular weight is 197 g/mol. The van der Waals surface area contributed by atoms with Crippen molar-refractivity contribution in [1.29, 1.82) is 0 Å². The lowest BCUT2D eigenvalue weighted by molar-refractivity contribution is -0.119. The first-order valence-electron chi connectivity index (χ1n) is 5.25. The largest absolute Gasteiger partial charge is 0.388 e. The number of carbonyl (C=O) groups is 1. The van der Waals surface area contributed by atoms with Gasteiger partial charge in [-0.3, -0.25) is 4.79 Å². The third kappa shape index (κ3) is 2.84. The van der Waals surface area contributed by atoms with Crippen LogP contribution in [0.2, 0.25) is 0 Å². The zero-order valence-corrected chi connectivity index (χ0v) is 8.97. The lowest BCUT2D eigenvalue weighted by Crippen LogP contribution is -2.47. The van der Waals surface area contributed by atoms with Crippen LogP contribution < -0.4 is 5.32 Å². The van der Waals surface area contributed by atoms with Gasteiger partial charge in [0.1, 0.15) is 0 Å². The molecule has 0 unspecified atom stereocenters. The highest BCUT2D eigenvalue weighted by molar-refractivity contribution is 5.92. The van der Waals surface area contributed by atoms with Gasteiger partial charge in [-0.2, -0.15) is 0 Å². The van der Waals surface area contributed by atoms with Crippen LogP contribution in [-0.2, 0) is 4.79 Å². The predicted octanol–water partition coefficient (Wildman–Crippen LogP) is 1.37. The lowest BCUT2D eigenvalue weighted by atomic mass is 9.80. The summed E-state index contributed by atoms with van der Waals surface area (Å²) in [6.45, 7) is 4.18. The van der Waals surface area contributed by atoms with Crippen molar-refractivity contribution < 1.29 is 9.90 Å². The Morgan fingerprint density at radius 3 is 2.64 bits per heavy atom. The van der Waals surface area contributed by atoms with E-state index in [1.165, 1.54) is 0 Å². The Hall–Kier alpha value is -0.830. The zero-order chi connectivity index (χ0) is 10.6. The number of allylic oxidation sites excluding steroid dienone is 1. The molecule has 1 amide bonds. The van der Waals surface area contributed by atoms with Gasteiger partial charge in [0.15, 0.2) is 0 Å². The van der Waals surface area contributed by atoms with Gasteiger partial charge in [0, 0.05) is 12.1 Å². The van der Waals surface area contributed by atoms with Gasteiger partial charge in [-0.15, -0.1) is 0 Å². The Balaban J connectivity index is 2.30. The van der Waals surface area contributed by atoms with Gasteiger partial charge in [0.25, 0.3) is 0 Å². The highest BCUT2D eigenvalue weighted by atomic mass is 16.3. The van der Waals surface area contributed by atoms with Gasteiger partial charge in [-0.05, 0) is 32.6 Å². The molecule has 14 heavy (non-hydrogen) atoms. The molecule has 0 aliphatic heterocycles. The molecule has 1 fully saturated rings. The van der Waals surface area contributed by atoms with Gasteiger partial charge in [-0.1, -0.05) is 13.0 Å². The summed E-state index contributed by atoms with van der Waals surface area (Å²) in [5.74, 6) is -0.0628. The van der Waals surface area contributed by atoms with Crippen LogP contribution >= 0.6 is 0 Å². The zero-order valence-electron chi connectivity index (χ0n) is 8.97. The second-order valence-electron chi connectivity index (χ2n) is 4.06. The molecule has 0 atom stereocenters. The van der Waals surface area contributed by atoms with Crippen molar-refractivity contribution in [3.05, 3.63) is 11.6 Å². The predicted molar refractivity (Wildman–Crippen MR) is 55.9 cm³/mol. The van der Waals surface area contributed by atoms with Crippen molar-refractivity contribution in [3.8, 4) is 0 Å². The molecule has 0 bridgehead atoms. The van der Waals surface area contributed by atoms with Crippen molar-refractivity contribution in [2.75, 3.05) is 6.54 Å². The topological polar surface area (TPSA) is 49.3 Å². The second-order valence-corrected chi connectivity index (χ2v) is 4.06. The highest BCUT2D eigenvalue weighted by Gasteiger charge is 2.34. The van der Waals surface area contributed by atoms with Crippen LogP contribution in [0.1, 0.15) is 39.5 Å². The molecule has 1 aliphatic carbocycles. The average Bonchev–Trinajstić information content (AvgIpc) is 2.11. The first-order chi connectivity index (χ1) is 6.57. The van der Waals surface area contributed by atoms with E-state index in [9.17, 15) is 9.90 Å². The molecule has 0 heterocycles. The molecule has 0 aromatic carbocycles. The van der Waals surface area contributed by atoms with Crippen LogP contribution in [0.4, 0.5) is 0 Å². The fourth-order valence-corrected chi connectivity index (χ4v) is 1.54. The summed E-state index contributed by atoms with van der Waals surface area (Å²) >= 11 is 0. The van der Waals surface area contributed by atoms with Crippen LogP contribution in [0.25, 0.3) is 0 Å². The maximum absolute atomic E-state index is 11.4. The Morgan fingerprint density at radius 2 is 2.21 bits per heavy atom. The second kappa shape index (κ2) is 4.60. The van der Waals surface area contributed by atoms with E-state index in [0.717, 1.165) is 31.3 Å². The van der Waals surface area contributed by atoms with Gasteiger partial charge in [0.2, 0.25) is 5.91 Å². The molecule has 0 radical (unpaired) electrons. The van der Waals surface area contributed by atoms with E-state index in [2.05, 4.69) is 5.32 Å².